The molecule has 0 bridgehead atoms. The Hall–Kier alpha value is -2.83. The Morgan fingerprint density at radius 1 is 1.38 bits per heavy atom. The Kier molecular flexibility index (Phi) is 4.22. The highest BCUT2D eigenvalue weighted by atomic mass is 16.5. The molecule has 4 N–H and O–H groups in total. The van der Waals surface area contributed by atoms with Crippen molar-refractivity contribution in [2.45, 2.75) is 6.42 Å². The number of hydrogen-bond donors (Lipinski definition) is 3. The fraction of sp³-hybridized carbons (Fsp3) is 0.214. The van der Waals surface area contributed by atoms with E-state index in [4.69, 9.17) is 20.6 Å². The molecule has 1 aromatic carbocycles. The maximum absolute atomic E-state index is 12.1. The van der Waals surface area contributed by atoms with Gasteiger partial charge < -0.3 is 25.6 Å². The van der Waals surface area contributed by atoms with E-state index in [-0.39, 0.29) is 12.0 Å². The van der Waals surface area contributed by atoms with Crippen LogP contribution >= 0.6 is 0 Å². The summed E-state index contributed by atoms with van der Waals surface area (Å²) in [5.74, 6) is 1.39. The van der Waals surface area contributed by atoms with E-state index in [0.717, 1.165) is 6.21 Å². The number of methoxy groups -OCH3 is 2. The van der Waals surface area contributed by atoms with Gasteiger partial charge in [-0.1, -0.05) is 0 Å². The van der Waals surface area contributed by atoms with E-state index < -0.39 is 0 Å². The third-order valence-corrected chi connectivity index (χ3v) is 3.03. The normalized spacial score (nSPS) is 11.4. The first-order valence-electron chi connectivity index (χ1n) is 6.19. The summed E-state index contributed by atoms with van der Waals surface area (Å²) in [5, 5.41) is 7.62. The minimum absolute atomic E-state index is 0.277. The lowest BCUT2D eigenvalue weighted by molar-refractivity contribution is 0.355. The minimum Gasteiger partial charge on any atom is -0.493 e. The summed E-state index contributed by atoms with van der Waals surface area (Å²) >= 11 is 0. The monoisotopic (exact) mass is 288 g/mol. The molecule has 0 aliphatic heterocycles. The number of benzene rings is 1. The van der Waals surface area contributed by atoms with E-state index in [1.165, 1.54) is 20.4 Å². The molecule has 1 heterocycles. The van der Waals surface area contributed by atoms with Gasteiger partial charge in [0.05, 0.1) is 25.1 Å². The maximum Gasteiger partial charge on any atom is 0.258 e. The Morgan fingerprint density at radius 2 is 2.05 bits per heavy atom. The van der Waals surface area contributed by atoms with Gasteiger partial charge in [0.1, 0.15) is 5.82 Å². The number of allylic oxidation sites excluding steroid dienone is 1. The number of nitrogens with one attached hydrogen (secondary N) is 2. The molecular formula is C14H16N4O3. The van der Waals surface area contributed by atoms with Gasteiger partial charge in [-0.3, -0.25) is 4.79 Å². The first kappa shape index (κ1) is 14.6. The van der Waals surface area contributed by atoms with Crippen LogP contribution in [0, 0.1) is 5.41 Å². The number of nitrogens with two attached hydrogens (primary N) is 1. The zero-order chi connectivity index (χ0) is 15.4. The van der Waals surface area contributed by atoms with Gasteiger partial charge in [0.25, 0.3) is 5.56 Å². The summed E-state index contributed by atoms with van der Waals surface area (Å²) in [6.07, 6.45) is 2.71. The van der Waals surface area contributed by atoms with Gasteiger partial charge >= 0.3 is 0 Å². The fourth-order valence-electron chi connectivity index (χ4n) is 1.95. The first-order valence-corrected chi connectivity index (χ1v) is 6.19. The zero-order valence-corrected chi connectivity index (χ0v) is 11.8. The van der Waals surface area contributed by atoms with E-state index in [0.29, 0.717) is 33.8 Å². The lowest BCUT2D eigenvalue weighted by Gasteiger charge is -2.09. The van der Waals surface area contributed by atoms with Crippen LogP contribution in [0.3, 0.4) is 0 Å². The van der Waals surface area contributed by atoms with Crippen LogP contribution in [-0.4, -0.2) is 30.4 Å². The smallest absolute Gasteiger partial charge is 0.258 e. The largest absolute Gasteiger partial charge is 0.493 e. The summed E-state index contributed by atoms with van der Waals surface area (Å²) in [4.78, 5) is 19.2. The molecule has 0 spiro atoms. The van der Waals surface area contributed by atoms with E-state index in [1.807, 2.05) is 0 Å². The maximum atomic E-state index is 12.1. The predicted octanol–water partition coefficient (Wildman–Crippen LogP) is 0.975. The lowest BCUT2D eigenvalue weighted by atomic mass is 10.2. The van der Waals surface area contributed by atoms with Crippen molar-refractivity contribution in [3.63, 3.8) is 0 Å². The summed E-state index contributed by atoms with van der Waals surface area (Å²) in [5.41, 5.74) is 6.16. The number of aromatic amines is 1. The molecule has 7 nitrogen and oxygen atoms in total. The predicted molar refractivity (Wildman–Crippen MR) is 80.2 cm³/mol. The van der Waals surface area contributed by atoms with Crippen LogP contribution in [0.5, 0.6) is 11.5 Å². The second kappa shape index (κ2) is 6.08. The Labute approximate surface area is 120 Å². The third-order valence-electron chi connectivity index (χ3n) is 3.03. The van der Waals surface area contributed by atoms with Crippen LogP contribution < -0.4 is 20.8 Å². The van der Waals surface area contributed by atoms with Crippen LogP contribution in [0.2, 0.25) is 0 Å². The molecule has 1 aromatic heterocycles. The molecule has 0 unspecified atom stereocenters. The molecule has 0 aliphatic rings. The van der Waals surface area contributed by atoms with Gasteiger partial charge in [0.15, 0.2) is 11.5 Å². The average Bonchev–Trinajstić information content (AvgIpc) is 2.51. The highest BCUT2D eigenvalue weighted by molar-refractivity contribution is 5.82. The number of aromatic nitrogens is 2. The van der Waals surface area contributed by atoms with Crippen LogP contribution in [0.1, 0.15) is 5.82 Å². The fourth-order valence-corrected chi connectivity index (χ4v) is 1.95. The van der Waals surface area contributed by atoms with Crippen molar-refractivity contribution in [2.24, 2.45) is 5.73 Å². The van der Waals surface area contributed by atoms with Gasteiger partial charge in [-0.25, -0.2) is 4.98 Å². The van der Waals surface area contributed by atoms with Gasteiger partial charge in [-0.05, 0) is 17.8 Å². The average molecular weight is 288 g/mol. The SMILES string of the molecule is COc1cc2nc(C/C(C=N)=C/N)[nH]c(=O)c2cc1OC. The zero-order valence-electron chi connectivity index (χ0n) is 11.8. The Bertz CT molecular complexity index is 765. The van der Waals surface area contributed by atoms with Crippen molar-refractivity contribution < 1.29 is 9.47 Å². The van der Waals surface area contributed by atoms with Crippen molar-refractivity contribution in [1.82, 2.24) is 9.97 Å². The molecule has 0 fully saturated rings. The second-order valence-electron chi connectivity index (χ2n) is 4.30. The quantitative estimate of drug-likeness (QED) is 0.709. The third kappa shape index (κ3) is 2.86. The van der Waals surface area contributed by atoms with E-state index in [9.17, 15) is 4.79 Å². The molecule has 0 radical (unpaired) electrons. The van der Waals surface area contributed by atoms with Crippen LogP contribution in [0.4, 0.5) is 0 Å². The second-order valence-corrected chi connectivity index (χ2v) is 4.30. The van der Waals surface area contributed by atoms with Crippen molar-refractivity contribution in [3.05, 3.63) is 40.1 Å². The lowest BCUT2D eigenvalue weighted by Crippen LogP contribution is -2.13. The molecule has 2 rings (SSSR count). The van der Waals surface area contributed by atoms with Crippen LogP contribution in [-0.2, 0) is 6.42 Å². The van der Waals surface area contributed by atoms with E-state index in [1.54, 1.807) is 12.1 Å². The minimum atomic E-state index is -0.280. The molecule has 7 heteroatoms. The number of hydrogen-bond acceptors (Lipinski definition) is 6. The molecule has 0 aliphatic carbocycles. The number of rotatable bonds is 5. The van der Waals surface area contributed by atoms with E-state index in [2.05, 4.69) is 9.97 Å². The molecule has 21 heavy (non-hydrogen) atoms. The van der Waals surface area contributed by atoms with Crippen LogP contribution in [0.15, 0.2) is 28.7 Å². The first-order chi connectivity index (χ1) is 10.1. The summed E-state index contributed by atoms with van der Waals surface area (Å²) < 4.78 is 10.4. The molecule has 110 valence electrons. The number of ether oxygens (including phenoxy) is 2. The Balaban J connectivity index is 2.59. The van der Waals surface area contributed by atoms with Crippen LogP contribution in [0.25, 0.3) is 10.9 Å². The van der Waals surface area contributed by atoms with Crippen molar-refractivity contribution >= 4 is 17.1 Å². The van der Waals surface area contributed by atoms with Gasteiger partial charge in [-0.2, -0.15) is 0 Å². The van der Waals surface area contributed by atoms with Crippen molar-refractivity contribution in [1.29, 1.82) is 5.41 Å². The number of nitrogens with zero attached hydrogens (tertiary/aromatic N) is 1. The number of fused-ring (bicyclic) bond motifs is 1. The van der Waals surface area contributed by atoms with Gasteiger partial charge in [0.2, 0.25) is 0 Å². The molecule has 2 aromatic rings. The van der Waals surface area contributed by atoms with Gasteiger partial charge in [-0.15, -0.1) is 0 Å². The summed E-state index contributed by atoms with van der Waals surface area (Å²) in [7, 11) is 3.02. The summed E-state index contributed by atoms with van der Waals surface area (Å²) in [6.45, 7) is 0. The van der Waals surface area contributed by atoms with Crippen molar-refractivity contribution in [2.75, 3.05) is 14.2 Å². The molecular weight excluding hydrogens is 272 g/mol. The molecule has 0 amide bonds. The number of H-pyrrole nitrogens is 1. The topological polar surface area (TPSA) is 114 Å². The van der Waals surface area contributed by atoms with Gasteiger partial charge in [0, 0.05) is 18.7 Å². The van der Waals surface area contributed by atoms with Crippen molar-refractivity contribution in [3.8, 4) is 11.5 Å². The highest BCUT2D eigenvalue weighted by Crippen LogP contribution is 2.29. The highest BCUT2D eigenvalue weighted by Gasteiger charge is 2.11. The standard InChI is InChI=1S/C14H16N4O3/c1-20-11-4-9-10(5-12(11)21-2)17-13(18-14(9)19)3-8(6-15)7-16/h4-7,15H,3,16H2,1-2H3,(H,17,18,19)/b8-7-,15-6?. The van der Waals surface area contributed by atoms with E-state index >= 15 is 0 Å². The molecule has 0 saturated carbocycles. The summed E-state index contributed by atoms with van der Waals surface area (Å²) in [6, 6.07) is 3.23. The molecule has 0 saturated heterocycles. The molecule has 0 atom stereocenters. The Morgan fingerprint density at radius 3 is 2.62 bits per heavy atom.